The Hall–Kier alpha value is -3.99. The van der Waals surface area contributed by atoms with Gasteiger partial charge in [0.05, 0.1) is 18.5 Å². The highest BCUT2D eigenvalue weighted by atomic mass is 32.1. The number of nitrogen functional groups attached to an aromatic ring is 1. The summed E-state index contributed by atoms with van der Waals surface area (Å²) in [5.74, 6) is -1.91. The Bertz CT molecular complexity index is 1250. The monoisotopic (exact) mass is 513 g/mol. The molecule has 3 rings (SSSR count). The Labute approximate surface area is 212 Å². The molecule has 0 fully saturated rings. The molecule has 36 heavy (non-hydrogen) atoms. The van der Waals surface area contributed by atoms with E-state index in [0.717, 1.165) is 0 Å². The summed E-state index contributed by atoms with van der Waals surface area (Å²) >= 11 is 0.698. The lowest BCUT2D eigenvalue weighted by Crippen LogP contribution is -2.44. The first-order valence-electron chi connectivity index (χ1n) is 11.2. The minimum Gasteiger partial charge on any atom is -0.495 e. The number of carbonyl (C=O) groups excluding carboxylic acids is 3. The van der Waals surface area contributed by atoms with Gasteiger partial charge in [-0.05, 0) is 53.7 Å². The molecule has 0 bridgehead atoms. The lowest BCUT2D eigenvalue weighted by molar-refractivity contribution is -0.122. The Morgan fingerprint density at radius 1 is 1.14 bits per heavy atom. The van der Waals surface area contributed by atoms with E-state index in [1.165, 1.54) is 36.3 Å². The highest BCUT2D eigenvalue weighted by molar-refractivity contribution is 7.09. The molecule has 190 valence electrons. The molecule has 11 heteroatoms. The fraction of sp³-hybridized carbons (Fsp3) is 0.280. The Balaban J connectivity index is 2.20. The molecule has 1 heterocycles. The fourth-order valence-electron chi connectivity index (χ4n) is 3.58. The van der Waals surface area contributed by atoms with Gasteiger partial charge in [-0.1, -0.05) is 38.1 Å². The van der Waals surface area contributed by atoms with E-state index in [-0.39, 0.29) is 21.9 Å². The van der Waals surface area contributed by atoms with Gasteiger partial charge in [0.15, 0.2) is 5.69 Å². The van der Waals surface area contributed by atoms with Gasteiger partial charge in [0, 0.05) is 6.54 Å². The van der Waals surface area contributed by atoms with Gasteiger partial charge >= 0.3 is 0 Å². The fourth-order valence-corrected chi connectivity index (χ4v) is 4.32. The molecule has 0 saturated heterocycles. The molecule has 0 radical (unpaired) electrons. The molecule has 3 aromatic rings. The van der Waals surface area contributed by atoms with Crippen LogP contribution in [-0.4, -0.2) is 35.7 Å². The first-order valence-corrected chi connectivity index (χ1v) is 12.0. The Morgan fingerprint density at radius 2 is 1.81 bits per heavy atom. The summed E-state index contributed by atoms with van der Waals surface area (Å²) in [6.07, 6.45) is 0.717. The summed E-state index contributed by atoms with van der Waals surface area (Å²) in [6, 6.07) is 10.7. The molecular formula is C25H28FN5O4S. The third-order valence-corrected chi connectivity index (χ3v) is 6.28. The number of halogens is 1. The number of benzene rings is 2. The number of anilines is 2. The quantitative estimate of drug-likeness (QED) is 0.379. The SMILES string of the molecule is COc1ccccc1N(C(=O)c1snc(C(N)=O)c1N)[C@@H](C(=O)NCCC(C)C)c1ccc(F)cc1. The highest BCUT2D eigenvalue weighted by Crippen LogP contribution is 2.37. The van der Waals surface area contributed by atoms with E-state index >= 15 is 0 Å². The number of nitrogens with two attached hydrogens (primary N) is 2. The van der Waals surface area contributed by atoms with Crippen molar-refractivity contribution in [3.05, 3.63) is 70.5 Å². The maximum atomic E-state index is 14.0. The van der Waals surface area contributed by atoms with Crippen molar-refractivity contribution in [2.45, 2.75) is 26.3 Å². The van der Waals surface area contributed by atoms with Crippen LogP contribution in [0.4, 0.5) is 15.8 Å². The van der Waals surface area contributed by atoms with Gasteiger partial charge in [0.2, 0.25) is 5.91 Å². The predicted molar refractivity (Wildman–Crippen MR) is 136 cm³/mol. The van der Waals surface area contributed by atoms with Crippen LogP contribution in [0.25, 0.3) is 0 Å². The molecule has 0 unspecified atom stereocenters. The van der Waals surface area contributed by atoms with E-state index in [9.17, 15) is 18.8 Å². The van der Waals surface area contributed by atoms with Crippen molar-refractivity contribution in [2.24, 2.45) is 11.7 Å². The zero-order valence-corrected chi connectivity index (χ0v) is 21.0. The van der Waals surface area contributed by atoms with Crippen molar-refractivity contribution >= 4 is 40.6 Å². The Kier molecular flexibility index (Phi) is 8.59. The molecule has 3 amide bonds. The van der Waals surface area contributed by atoms with Crippen LogP contribution < -0.4 is 26.4 Å². The summed E-state index contributed by atoms with van der Waals surface area (Å²) in [7, 11) is 1.43. The zero-order chi connectivity index (χ0) is 26.4. The second-order valence-corrected chi connectivity index (χ2v) is 9.19. The first-order chi connectivity index (χ1) is 17.1. The van der Waals surface area contributed by atoms with E-state index in [1.54, 1.807) is 24.3 Å². The van der Waals surface area contributed by atoms with Crippen LogP contribution >= 0.6 is 11.5 Å². The molecule has 0 saturated carbocycles. The van der Waals surface area contributed by atoms with Crippen LogP contribution in [0.15, 0.2) is 48.5 Å². The number of aromatic nitrogens is 1. The van der Waals surface area contributed by atoms with Gasteiger partial charge in [0.25, 0.3) is 11.8 Å². The zero-order valence-electron chi connectivity index (χ0n) is 20.2. The first kappa shape index (κ1) is 26.6. The minimum absolute atomic E-state index is 0.0724. The smallest absolute Gasteiger partial charge is 0.273 e. The van der Waals surface area contributed by atoms with Gasteiger partial charge in [-0.15, -0.1) is 0 Å². The van der Waals surface area contributed by atoms with Crippen molar-refractivity contribution in [1.82, 2.24) is 9.69 Å². The lowest BCUT2D eigenvalue weighted by Gasteiger charge is -2.32. The number of hydrogen-bond acceptors (Lipinski definition) is 7. The van der Waals surface area contributed by atoms with E-state index in [4.69, 9.17) is 16.2 Å². The highest BCUT2D eigenvalue weighted by Gasteiger charge is 2.37. The number of para-hydroxylation sites is 2. The number of hydrogen-bond donors (Lipinski definition) is 3. The average molecular weight is 514 g/mol. The van der Waals surface area contributed by atoms with E-state index in [0.29, 0.717) is 41.7 Å². The second kappa shape index (κ2) is 11.6. The summed E-state index contributed by atoms with van der Waals surface area (Å²) < 4.78 is 23.2. The van der Waals surface area contributed by atoms with E-state index < -0.39 is 29.6 Å². The molecule has 9 nitrogen and oxygen atoms in total. The second-order valence-electron chi connectivity index (χ2n) is 8.41. The Morgan fingerprint density at radius 3 is 2.39 bits per heavy atom. The maximum absolute atomic E-state index is 14.0. The molecule has 0 aliphatic rings. The molecule has 1 aromatic heterocycles. The van der Waals surface area contributed by atoms with Gasteiger partial charge in [-0.25, -0.2) is 4.39 Å². The summed E-state index contributed by atoms with van der Waals surface area (Å²) in [4.78, 5) is 40.4. The number of methoxy groups -OCH3 is 1. The topological polar surface area (TPSA) is 141 Å². The summed E-state index contributed by atoms with van der Waals surface area (Å²) in [6.45, 7) is 4.42. The molecule has 1 atom stereocenters. The molecule has 0 aliphatic carbocycles. The van der Waals surface area contributed by atoms with Crippen LogP contribution in [0.3, 0.4) is 0 Å². The number of amides is 3. The molecule has 0 spiro atoms. The molecule has 5 N–H and O–H groups in total. The van der Waals surface area contributed by atoms with Gasteiger partial charge < -0.3 is 21.5 Å². The standard InChI is InChI=1S/C25H28FN5O4S/c1-14(2)12-13-29-24(33)21(15-8-10-16(26)11-9-15)31(17-6-4-5-7-18(17)35-3)25(34)22-19(27)20(23(28)32)30-36-22/h4-11,14,21H,12-13,27H2,1-3H3,(H2,28,32)(H,29,33)/t21-/m1/s1. The van der Waals surface area contributed by atoms with Crippen LogP contribution in [-0.2, 0) is 4.79 Å². The van der Waals surface area contributed by atoms with Gasteiger partial charge in [-0.2, -0.15) is 4.37 Å². The minimum atomic E-state index is -1.22. The number of primary amides is 1. The van der Waals surface area contributed by atoms with Crippen LogP contribution in [0.2, 0.25) is 0 Å². The number of carbonyl (C=O) groups is 3. The number of nitrogens with one attached hydrogen (secondary N) is 1. The number of ether oxygens (including phenoxy) is 1. The molecule has 2 aromatic carbocycles. The van der Waals surface area contributed by atoms with Crippen LogP contribution in [0, 0.1) is 11.7 Å². The van der Waals surface area contributed by atoms with Crippen molar-refractivity contribution < 1.29 is 23.5 Å². The predicted octanol–water partition coefficient (Wildman–Crippen LogP) is 3.52. The van der Waals surface area contributed by atoms with Crippen molar-refractivity contribution in [3.8, 4) is 5.75 Å². The number of nitrogens with zero attached hydrogens (tertiary/aromatic N) is 2. The van der Waals surface area contributed by atoms with E-state index in [1.807, 2.05) is 13.8 Å². The largest absolute Gasteiger partial charge is 0.495 e. The van der Waals surface area contributed by atoms with Crippen molar-refractivity contribution in [1.29, 1.82) is 0 Å². The van der Waals surface area contributed by atoms with Gasteiger partial charge in [-0.3, -0.25) is 19.3 Å². The van der Waals surface area contributed by atoms with E-state index in [2.05, 4.69) is 9.69 Å². The van der Waals surface area contributed by atoms with Crippen molar-refractivity contribution in [3.63, 3.8) is 0 Å². The lowest BCUT2D eigenvalue weighted by atomic mass is 10.0. The third-order valence-electron chi connectivity index (χ3n) is 5.43. The molecular weight excluding hydrogens is 485 g/mol. The number of rotatable bonds is 10. The summed E-state index contributed by atoms with van der Waals surface area (Å²) in [5.41, 5.74) is 11.6. The van der Waals surface area contributed by atoms with Gasteiger partial charge in [0.1, 0.15) is 22.5 Å². The average Bonchev–Trinajstić information content (AvgIpc) is 3.24. The third kappa shape index (κ3) is 5.80. The summed E-state index contributed by atoms with van der Waals surface area (Å²) in [5, 5.41) is 2.87. The molecule has 0 aliphatic heterocycles. The maximum Gasteiger partial charge on any atom is 0.273 e. The normalized spacial score (nSPS) is 11.7. The van der Waals surface area contributed by atoms with Crippen LogP contribution in [0.1, 0.15) is 52.0 Å². The van der Waals surface area contributed by atoms with Crippen LogP contribution in [0.5, 0.6) is 5.75 Å². The van der Waals surface area contributed by atoms with Crippen molar-refractivity contribution in [2.75, 3.05) is 24.3 Å².